The van der Waals surface area contributed by atoms with Gasteiger partial charge in [-0.15, -0.1) is 0 Å². The van der Waals surface area contributed by atoms with Gasteiger partial charge in [0.2, 0.25) is 0 Å². The minimum absolute atomic E-state index is 0.276. The lowest BCUT2D eigenvalue weighted by molar-refractivity contribution is 0.629. The number of hydrogen-bond donors (Lipinski definition) is 1. The van der Waals surface area contributed by atoms with Gasteiger partial charge in [-0.25, -0.2) is 9.37 Å². The van der Waals surface area contributed by atoms with Gasteiger partial charge in [-0.05, 0) is 30.3 Å². The minimum Gasteiger partial charge on any atom is -0.331 e. The van der Waals surface area contributed by atoms with Crippen LogP contribution in [0, 0.1) is 5.82 Å². The maximum Gasteiger partial charge on any atom is 0.188 e. The van der Waals surface area contributed by atoms with E-state index in [1.165, 1.54) is 23.5 Å². The summed E-state index contributed by atoms with van der Waals surface area (Å²) in [5.41, 5.74) is 1.52. The summed E-state index contributed by atoms with van der Waals surface area (Å²) in [6.45, 7) is 0. The van der Waals surface area contributed by atoms with E-state index in [-0.39, 0.29) is 5.82 Å². The average molecular weight is 279 g/mol. The highest BCUT2D eigenvalue weighted by Gasteiger charge is 2.05. The van der Waals surface area contributed by atoms with Gasteiger partial charge in [-0.2, -0.15) is 0 Å². The summed E-state index contributed by atoms with van der Waals surface area (Å²) in [6, 6.07) is 12.0. The van der Waals surface area contributed by atoms with E-state index in [0.29, 0.717) is 10.5 Å². The van der Waals surface area contributed by atoms with Crippen molar-refractivity contribution in [3.63, 3.8) is 0 Å². The Bertz CT molecular complexity index is 711. The van der Waals surface area contributed by atoms with E-state index in [2.05, 4.69) is 10.3 Å². The molecule has 1 aromatic heterocycles. The largest absolute Gasteiger partial charge is 0.331 e. The highest BCUT2D eigenvalue weighted by molar-refractivity contribution is 7.22. The molecule has 0 aliphatic rings. The summed E-state index contributed by atoms with van der Waals surface area (Å²) >= 11 is 7.38. The molecule has 18 heavy (non-hydrogen) atoms. The fourth-order valence-electron chi connectivity index (χ4n) is 1.64. The number of nitrogens with one attached hydrogen (secondary N) is 1. The van der Waals surface area contributed by atoms with Gasteiger partial charge >= 0.3 is 0 Å². The van der Waals surface area contributed by atoms with Crippen molar-refractivity contribution in [1.82, 2.24) is 4.98 Å². The zero-order valence-electron chi connectivity index (χ0n) is 9.15. The maximum atomic E-state index is 13.1. The van der Waals surface area contributed by atoms with Gasteiger partial charge < -0.3 is 5.32 Å². The quantitative estimate of drug-likeness (QED) is 0.726. The number of benzene rings is 2. The highest BCUT2D eigenvalue weighted by Crippen LogP contribution is 2.29. The van der Waals surface area contributed by atoms with Crippen molar-refractivity contribution < 1.29 is 4.39 Å². The van der Waals surface area contributed by atoms with Crippen LogP contribution in [0.5, 0.6) is 0 Å². The van der Waals surface area contributed by atoms with Crippen molar-refractivity contribution in [1.29, 1.82) is 0 Å². The number of rotatable bonds is 2. The molecule has 0 aliphatic carbocycles. The first kappa shape index (κ1) is 11.4. The second-order valence-electron chi connectivity index (χ2n) is 3.77. The van der Waals surface area contributed by atoms with Crippen LogP contribution in [-0.2, 0) is 0 Å². The molecule has 0 saturated carbocycles. The summed E-state index contributed by atoms with van der Waals surface area (Å²) in [5, 5.41) is 4.53. The SMILES string of the molecule is Fc1ccc2sc(Nc3cccc(Cl)c3)nc2c1. The molecule has 1 N–H and O–H groups in total. The topological polar surface area (TPSA) is 24.9 Å². The Kier molecular flexibility index (Phi) is 2.89. The van der Waals surface area contributed by atoms with Crippen LogP contribution in [-0.4, -0.2) is 4.98 Å². The third-order valence-corrected chi connectivity index (χ3v) is 3.61. The number of nitrogens with zero attached hydrogens (tertiary/aromatic N) is 1. The molecule has 0 spiro atoms. The molecule has 2 nitrogen and oxygen atoms in total. The molecule has 0 amide bonds. The molecule has 0 atom stereocenters. The van der Waals surface area contributed by atoms with Crippen molar-refractivity contribution in [3.8, 4) is 0 Å². The number of thiazole rings is 1. The zero-order valence-corrected chi connectivity index (χ0v) is 10.7. The third-order valence-electron chi connectivity index (χ3n) is 2.43. The molecule has 3 rings (SSSR count). The third kappa shape index (κ3) is 2.30. The predicted molar refractivity (Wildman–Crippen MR) is 74.3 cm³/mol. The summed E-state index contributed by atoms with van der Waals surface area (Å²) in [5.74, 6) is -0.276. The fourth-order valence-corrected chi connectivity index (χ4v) is 2.70. The lowest BCUT2D eigenvalue weighted by atomic mass is 10.3. The van der Waals surface area contributed by atoms with Gasteiger partial charge in [-0.1, -0.05) is 29.0 Å². The molecule has 0 saturated heterocycles. The zero-order chi connectivity index (χ0) is 12.5. The van der Waals surface area contributed by atoms with Gasteiger partial charge in [0.15, 0.2) is 5.13 Å². The molecule has 0 fully saturated rings. The van der Waals surface area contributed by atoms with Crippen molar-refractivity contribution >= 4 is 44.0 Å². The first-order valence-electron chi connectivity index (χ1n) is 5.29. The molecule has 0 radical (unpaired) electrons. The van der Waals surface area contributed by atoms with Crippen molar-refractivity contribution in [2.45, 2.75) is 0 Å². The van der Waals surface area contributed by atoms with E-state index in [9.17, 15) is 4.39 Å². The Morgan fingerprint density at radius 1 is 1.17 bits per heavy atom. The molecular formula is C13H8ClFN2S. The Labute approximate surface area is 112 Å². The van der Waals surface area contributed by atoms with Crippen LogP contribution in [0.15, 0.2) is 42.5 Å². The molecular weight excluding hydrogens is 271 g/mol. The molecule has 1 heterocycles. The van der Waals surface area contributed by atoms with Gasteiger partial charge in [0.1, 0.15) is 5.82 Å². The first-order valence-corrected chi connectivity index (χ1v) is 6.49. The smallest absolute Gasteiger partial charge is 0.188 e. The number of hydrogen-bond acceptors (Lipinski definition) is 3. The minimum atomic E-state index is -0.276. The lowest BCUT2D eigenvalue weighted by Gasteiger charge is -2.01. The lowest BCUT2D eigenvalue weighted by Crippen LogP contribution is -1.88. The van der Waals surface area contributed by atoms with Crippen LogP contribution >= 0.6 is 22.9 Å². The van der Waals surface area contributed by atoms with Crippen molar-refractivity contribution in [2.24, 2.45) is 0 Å². The Morgan fingerprint density at radius 2 is 2.06 bits per heavy atom. The van der Waals surface area contributed by atoms with E-state index in [4.69, 9.17) is 11.6 Å². The second-order valence-corrected chi connectivity index (χ2v) is 5.23. The van der Waals surface area contributed by atoms with Gasteiger partial charge in [0.25, 0.3) is 0 Å². The first-order chi connectivity index (χ1) is 8.70. The Balaban J connectivity index is 1.95. The monoisotopic (exact) mass is 278 g/mol. The molecule has 0 unspecified atom stereocenters. The number of fused-ring (bicyclic) bond motifs is 1. The normalized spacial score (nSPS) is 10.8. The van der Waals surface area contributed by atoms with Crippen LogP contribution in [0.4, 0.5) is 15.2 Å². The van der Waals surface area contributed by atoms with Crippen LogP contribution < -0.4 is 5.32 Å². The van der Waals surface area contributed by atoms with E-state index < -0.39 is 0 Å². The van der Waals surface area contributed by atoms with Gasteiger partial charge in [-0.3, -0.25) is 0 Å². The van der Waals surface area contributed by atoms with Gasteiger partial charge in [0, 0.05) is 16.8 Å². The summed E-state index contributed by atoms with van der Waals surface area (Å²) in [4.78, 5) is 4.32. The van der Waals surface area contributed by atoms with Crippen molar-refractivity contribution in [3.05, 3.63) is 53.3 Å². The van der Waals surface area contributed by atoms with Crippen LogP contribution in [0.25, 0.3) is 10.2 Å². The second kappa shape index (κ2) is 4.55. The fraction of sp³-hybridized carbons (Fsp3) is 0. The molecule has 2 aromatic carbocycles. The van der Waals surface area contributed by atoms with E-state index in [1.54, 1.807) is 12.1 Å². The molecule has 3 aromatic rings. The number of aromatic nitrogens is 1. The summed E-state index contributed by atoms with van der Waals surface area (Å²) in [6.07, 6.45) is 0. The molecule has 5 heteroatoms. The Hall–Kier alpha value is -1.65. The van der Waals surface area contributed by atoms with E-state index >= 15 is 0 Å². The van der Waals surface area contributed by atoms with E-state index in [0.717, 1.165) is 15.5 Å². The Morgan fingerprint density at radius 3 is 2.89 bits per heavy atom. The average Bonchev–Trinajstić information content (AvgIpc) is 2.70. The summed E-state index contributed by atoms with van der Waals surface area (Å²) < 4.78 is 14.0. The predicted octanol–water partition coefficient (Wildman–Crippen LogP) is 4.83. The van der Waals surface area contributed by atoms with E-state index in [1.807, 2.05) is 18.2 Å². The highest BCUT2D eigenvalue weighted by atomic mass is 35.5. The van der Waals surface area contributed by atoms with Crippen molar-refractivity contribution in [2.75, 3.05) is 5.32 Å². The van der Waals surface area contributed by atoms with Crippen LogP contribution in [0.3, 0.4) is 0 Å². The van der Waals surface area contributed by atoms with Gasteiger partial charge in [0.05, 0.1) is 10.2 Å². The number of halogens is 2. The molecule has 0 bridgehead atoms. The molecule has 90 valence electrons. The van der Waals surface area contributed by atoms with Crippen LogP contribution in [0.2, 0.25) is 5.02 Å². The number of anilines is 2. The standard InChI is InChI=1S/C13H8ClFN2S/c14-8-2-1-3-10(6-8)16-13-17-11-7-9(15)4-5-12(11)18-13/h1-7H,(H,16,17). The maximum absolute atomic E-state index is 13.1. The molecule has 0 aliphatic heterocycles. The summed E-state index contributed by atoms with van der Waals surface area (Å²) in [7, 11) is 0. The van der Waals surface area contributed by atoms with Crippen LogP contribution in [0.1, 0.15) is 0 Å².